The van der Waals surface area contributed by atoms with Gasteiger partial charge in [-0.05, 0) is 37.4 Å². The van der Waals surface area contributed by atoms with Crippen molar-refractivity contribution >= 4 is 11.8 Å². The highest BCUT2D eigenvalue weighted by atomic mass is 16.2. The average molecular weight is 272 g/mol. The van der Waals surface area contributed by atoms with Crippen molar-refractivity contribution in [1.29, 1.82) is 0 Å². The number of nitrogens with one attached hydrogen (secondary N) is 1. The number of carbonyl (C=O) groups is 2. The summed E-state index contributed by atoms with van der Waals surface area (Å²) in [5, 5.41) is 3.31. The highest BCUT2D eigenvalue weighted by Crippen LogP contribution is 2.30. The molecule has 4 nitrogen and oxygen atoms in total. The normalized spacial score (nSPS) is 24.4. The number of hydrogen-bond donors (Lipinski definition) is 1. The minimum atomic E-state index is -0.273. The molecule has 0 aliphatic carbocycles. The Morgan fingerprint density at radius 2 is 1.80 bits per heavy atom. The summed E-state index contributed by atoms with van der Waals surface area (Å²) in [6, 6.07) is 9.64. The van der Waals surface area contributed by atoms with E-state index in [0.29, 0.717) is 18.9 Å². The van der Waals surface area contributed by atoms with Gasteiger partial charge in [0, 0.05) is 13.0 Å². The minimum Gasteiger partial charge on any atom is -0.317 e. The van der Waals surface area contributed by atoms with Crippen LogP contribution in [0.2, 0.25) is 0 Å². The van der Waals surface area contributed by atoms with E-state index in [2.05, 4.69) is 5.32 Å². The maximum absolute atomic E-state index is 12.5. The molecule has 0 aromatic heterocycles. The van der Waals surface area contributed by atoms with Crippen molar-refractivity contribution < 1.29 is 9.59 Å². The van der Waals surface area contributed by atoms with Gasteiger partial charge >= 0.3 is 0 Å². The number of piperidine rings is 1. The zero-order chi connectivity index (χ0) is 13.9. The Balaban J connectivity index is 1.70. The highest BCUT2D eigenvalue weighted by molar-refractivity contribution is 6.06. The number of imide groups is 1. The molecule has 2 amide bonds. The molecule has 0 spiro atoms. The molecule has 3 rings (SSSR count). The van der Waals surface area contributed by atoms with Crippen LogP contribution in [0.4, 0.5) is 0 Å². The Morgan fingerprint density at radius 1 is 1.10 bits per heavy atom. The van der Waals surface area contributed by atoms with Gasteiger partial charge in [0.2, 0.25) is 11.8 Å². The van der Waals surface area contributed by atoms with Gasteiger partial charge in [-0.2, -0.15) is 0 Å². The van der Waals surface area contributed by atoms with Gasteiger partial charge < -0.3 is 5.32 Å². The zero-order valence-corrected chi connectivity index (χ0v) is 11.5. The summed E-state index contributed by atoms with van der Waals surface area (Å²) in [5.41, 5.74) is 0.957. The number of likely N-dealkylation sites (tertiary alicyclic amines) is 1. The average Bonchev–Trinajstić information content (AvgIpc) is 2.77. The van der Waals surface area contributed by atoms with Crippen LogP contribution in [0.1, 0.15) is 30.7 Å². The number of rotatable bonds is 3. The van der Waals surface area contributed by atoms with E-state index in [1.807, 2.05) is 30.3 Å². The molecule has 1 atom stereocenters. The van der Waals surface area contributed by atoms with E-state index in [0.717, 1.165) is 31.5 Å². The van der Waals surface area contributed by atoms with E-state index in [4.69, 9.17) is 0 Å². The fourth-order valence-electron chi connectivity index (χ4n) is 3.14. The molecule has 0 saturated carbocycles. The molecule has 20 heavy (non-hydrogen) atoms. The summed E-state index contributed by atoms with van der Waals surface area (Å²) in [6.45, 7) is 2.58. The summed E-state index contributed by atoms with van der Waals surface area (Å²) in [5.74, 6) is 0.159. The van der Waals surface area contributed by atoms with Gasteiger partial charge in [-0.15, -0.1) is 0 Å². The quantitative estimate of drug-likeness (QED) is 0.849. The molecule has 1 aromatic carbocycles. The molecule has 2 fully saturated rings. The fourth-order valence-corrected chi connectivity index (χ4v) is 3.14. The molecule has 2 aliphatic heterocycles. The Morgan fingerprint density at radius 3 is 2.50 bits per heavy atom. The number of carbonyl (C=O) groups excluding carboxylic acids is 2. The Hall–Kier alpha value is -1.68. The van der Waals surface area contributed by atoms with E-state index in [-0.39, 0.29) is 17.7 Å². The standard InChI is InChI=1S/C16H20N2O2/c19-15-10-14(13-4-2-1-3-5-13)16(20)18(15)11-12-6-8-17-9-7-12/h1-5,12,14,17H,6-11H2. The summed E-state index contributed by atoms with van der Waals surface area (Å²) >= 11 is 0. The van der Waals surface area contributed by atoms with Gasteiger partial charge in [-0.25, -0.2) is 0 Å². The smallest absolute Gasteiger partial charge is 0.237 e. The van der Waals surface area contributed by atoms with E-state index < -0.39 is 0 Å². The topological polar surface area (TPSA) is 49.4 Å². The number of benzene rings is 1. The second kappa shape index (κ2) is 5.75. The maximum atomic E-state index is 12.5. The third kappa shape index (κ3) is 2.61. The molecular weight excluding hydrogens is 252 g/mol. The van der Waals surface area contributed by atoms with Crippen LogP contribution in [-0.4, -0.2) is 36.3 Å². The lowest BCUT2D eigenvalue weighted by atomic mass is 9.96. The van der Waals surface area contributed by atoms with Crippen molar-refractivity contribution in [3.05, 3.63) is 35.9 Å². The first kappa shape index (κ1) is 13.3. The molecule has 106 valence electrons. The second-order valence-corrected chi connectivity index (χ2v) is 5.70. The monoisotopic (exact) mass is 272 g/mol. The Kier molecular flexibility index (Phi) is 3.83. The van der Waals surface area contributed by atoms with Gasteiger partial charge in [0.05, 0.1) is 5.92 Å². The summed E-state index contributed by atoms with van der Waals surface area (Å²) in [7, 11) is 0. The van der Waals surface area contributed by atoms with Gasteiger partial charge in [0.1, 0.15) is 0 Å². The second-order valence-electron chi connectivity index (χ2n) is 5.70. The van der Waals surface area contributed by atoms with Gasteiger partial charge in [0.25, 0.3) is 0 Å². The van der Waals surface area contributed by atoms with Crippen LogP contribution in [0, 0.1) is 5.92 Å². The van der Waals surface area contributed by atoms with E-state index in [1.54, 1.807) is 0 Å². The first-order chi connectivity index (χ1) is 9.75. The molecule has 2 saturated heterocycles. The van der Waals surface area contributed by atoms with Crippen molar-refractivity contribution in [1.82, 2.24) is 10.2 Å². The molecule has 4 heteroatoms. The van der Waals surface area contributed by atoms with E-state index >= 15 is 0 Å². The first-order valence-corrected chi connectivity index (χ1v) is 7.35. The van der Waals surface area contributed by atoms with Gasteiger partial charge in [0.15, 0.2) is 0 Å². The number of nitrogens with zero attached hydrogens (tertiary/aromatic N) is 1. The van der Waals surface area contributed by atoms with Crippen LogP contribution in [0.15, 0.2) is 30.3 Å². The minimum absolute atomic E-state index is 0.0117. The first-order valence-electron chi connectivity index (χ1n) is 7.35. The lowest BCUT2D eigenvalue weighted by Crippen LogP contribution is -2.39. The van der Waals surface area contributed by atoms with Crippen LogP contribution in [0.25, 0.3) is 0 Å². The van der Waals surface area contributed by atoms with Crippen LogP contribution < -0.4 is 5.32 Å². The number of hydrogen-bond acceptors (Lipinski definition) is 3. The lowest BCUT2D eigenvalue weighted by Gasteiger charge is -2.26. The summed E-state index contributed by atoms with van der Waals surface area (Å²) < 4.78 is 0. The van der Waals surface area contributed by atoms with Crippen LogP contribution in [0.5, 0.6) is 0 Å². The zero-order valence-electron chi connectivity index (χ0n) is 11.5. The predicted molar refractivity (Wildman–Crippen MR) is 76.1 cm³/mol. The van der Waals surface area contributed by atoms with Crippen molar-refractivity contribution in [2.24, 2.45) is 5.92 Å². The van der Waals surface area contributed by atoms with Crippen molar-refractivity contribution in [3.8, 4) is 0 Å². The molecule has 0 bridgehead atoms. The lowest BCUT2D eigenvalue weighted by molar-refractivity contribution is -0.139. The molecule has 2 heterocycles. The highest BCUT2D eigenvalue weighted by Gasteiger charge is 2.40. The van der Waals surface area contributed by atoms with Gasteiger partial charge in [-0.1, -0.05) is 30.3 Å². The third-order valence-corrected chi connectivity index (χ3v) is 4.35. The Labute approximate surface area is 119 Å². The predicted octanol–water partition coefficient (Wildman–Crippen LogP) is 1.53. The largest absolute Gasteiger partial charge is 0.317 e. The van der Waals surface area contributed by atoms with Crippen molar-refractivity contribution in [3.63, 3.8) is 0 Å². The van der Waals surface area contributed by atoms with Crippen LogP contribution >= 0.6 is 0 Å². The van der Waals surface area contributed by atoms with E-state index in [9.17, 15) is 9.59 Å². The molecule has 1 aromatic rings. The van der Waals surface area contributed by atoms with Gasteiger partial charge in [-0.3, -0.25) is 14.5 Å². The van der Waals surface area contributed by atoms with Crippen LogP contribution in [0.3, 0.4) is 0 Å². The molecule has 1 unspecified atom stereocenters. The number of amides is 2. The maximum Gasteiger partial charge on any atom is 0.237 e. The summed E-state index contributed by atoms with van der Waals surface area (Å²) in [4.78, 5) is 26.1. The summed E-state index contributed by atoms with van der Waals surface area (Å²) in [6.07, 6.45) is 2.42. The molecule has 2 aliphatic rings. The molecular formula is C16H20N2O2. The molecule has 0 radical (unpaired) electrons. The van der Waals surface area contributed by atoms with Crippen molar-refractivity contribution in [2.45, 2.75) is 25.2 Å². The third-order valence-electron chi connectivity index (χ3n) is 4.35. The van der Waals surface area contributed by atoms with E-state index in [1.165, 1.54) is 4.90 Å². The fraction of sp³-hybridized carbons (Fsp3) is 0.500. The SMILES string of the molecule is O=C1CC(c2ccccc2)C(=O)N1CC1CCNCC1. The van der Waals surface area contributed by atoms with Crippen LogP contribution in [-0.2, 0) is 9.59 Å². The Bertz CT molecular complexity index is 494. The molecule has 1 N–H and O–H groups in total. The van der Waals surface area contributed by atoms with Crippen molar-refractivity contribution in [2.75, 3.05) is 19.6 Å².